The van der Waals surface area contributed by atoms with Crippen molar-refractivity contribution in [2.75, 3.05) is 9.71 Å². The largest absolute Gasteiger partial charge is 0.376 e. The zero-order valence-electron chi connectivity index (χ0n) is 39.3. The predicted octanol–water partition coefficient (Wildman–Crippen LogP) is 16.2. The van der Waals surface area contributed by atoms with Crippen LogP contribution in [-0.4, -0.2) is 6.85 Å². The van der Waals surface area contributed by atoms with Gasteiger partial charge in [0.25, 0.3) is 0 Å². The molecule has 2 heterocycles. The minimum Gasteiger partial charge on any atom is -0.376 e. The molecule has 0 unspecified atom stereocenters. The van der Waals surface area contributed by atoms with Crippen molar-refractivity contribution >= 4 is 57.0 Å². The molecule has 324 valence electrons. The van der Waals surface area contributed by atoms with Crippen LogP contribution >= 0.6 is 0 Å². The summed E-state index contributed by atoms with van der Waals surface area (Å²) in [6.45, 7) is 11.6. The van der Waals surface area contributed by atoms with E-state index in [4.69, 9.17) is 0 Å². The third-order valence-electron chi connectivity index (χ3n) is 15.2. The van der Waals surface area contributed by atoms with Gasteiger partial charge in [-0.1, -0.05) is 198 Å². The standard InChI is InChI=1S/C65H51BN2/c1-64(2,3)49-31-34-59(52(39-49)45-23-13-8-14-24-45)67-61-41-57-53(51-27-17-18-28-56(51)65(57,4)5)40-58(61)66-63-55(36-48(38-62(63)67)43-21-11-7-12-22-43)54-35-46-25-15-16-26-47(46)37-60(54)68(66)50-32-29-44(30-33-50)42-19-9-6-10-20-42/h6-41H,1-5H3. The fraction of sp³-hybridized carbons (Fsp3) is 0.108. The van der Waals surface area contributed by atoms with Crippen molar-refractivity contribution in [1.82, 2.24) is 0 Å². The molecule has 0 aromatic heterocycles. The lowest BCUT2D eigenvalue weighted by molar-refractivity contribution is 0.590. The van der Waals surface area contributed by atoms with E-state index in [1.165, 1.54) is 117 Å². The Kier molecular flexibility index (Phi) is 8.96. The summed E-state index contributed by atoms with van der Waals surface area (Å²) >= 11 is 0. The molecule has 0 spiro atoms. The van der Waals surface area contributed by atoms with Gasteiger partial charge >= 0.3 is 6.85 Å². The van der Waals surface area contributed by atoms with Crippen LogP contribution in [0.3, 0.4) is 0 Å². The van der Waals surface area contributed by atoms with Crippen LogP contribution in [0.2, 0.25) is 0 Å². The monoisotopic (exact) mass is 870 g/mol. The maximum Gasteiger partial charge on any atom is 0.333 e. The molecule has 10 aromatic rings. The molecule has 0 radical (unpaired) electrons. The molecule has 2 aliphatic heterocycles. The van der Waals surface area contributed by atoms with E-state index in [0.717, 1.165) is 5.69 Å². The third kappa shape index (κ3) is 6.18. The highest BCUT2D eigenvalue weighted by Gasteiger charge is 2.48. The molecule has 0 fully saturated rings. The van der Waals surface area contributed by atoms with Gasteiger partial charge in [0.05, 0.1) is 5.69 Å². The van der Waals surface area contributed by atoms with E-state index in [2.05, 4.69) is 263 Å². The van der Waals surface area contributed by atoms with Crippen LogP contribution in [0.4, 0.5) is 28.4 Å². The van der Waals surface area contributed by atoms with Crippen molar-refractivity contribution in [2.45, 2.75) is 45.4 Å². The van der Waals surface area contributed by atoms with Crippen molar-refractivity contribution in [3.8, 4) is 55.6 Å². The fourth-order valence-electron chi connectivity index (χ4n) is 11.7. The Labute approximate surface area is 400 Å². The van der Waals surface area contributed by atoms with Crippen molar-refractivity contribution in [2.24, 2.45) is 0 Å². The van der Waals surface area contributed by atoms with Crippen LogP contribution in [0, 0.1) is 0 Å². The van der Waals surface area contributed by atoms with Crippen molar-refractivity contribution in [3.63, 3.8) is 0 Å². The molecule has 1 aliphatic carbocycles. The minimum atomic E-state index is -0.201. The molecular formula is C65H51BN2. The Morgan fingerprint density at radius 3 is 1.68 bits per heavy atom. The van der Waals surface area contributed by atoms with Crippen LogP contribution in [0.5, 0.6) is 0 Å². The quantitative estimate of drug-likeness (QED) is 0.159. The summed E-state index contributed by atoms with van der Waals surface area (Å²) < 4.78 is 0. The lowest BCUT2D eigenvalue weighted by Crippen LogP contribution is -2.61. The second kappa shape index (κ2) is 15.1. The first kappa shape index (κ1) is 40.4. The SMILES string of the molecule is CC(C)(C)c1ccc(N2c3cc4c(cc3B3c5c(cc(-c6ccccc6)cc52)-c2cc5ccccc5cc2N3c2ccc(-c3ccccc3)cc2)-c2ccccc2C4(C)C)c(-c2ccccc2)c1. The Hall–Kier alpha value is -7.88. The first-order valence-corrected chi connectivity index (χ1v) is 24.1. The molecule has 0 amide bonds. The second-order valence-corrected chi connectivity index (χ2v) is 20.5. The van der Waals surface area contributed by atoms with E-state index in [0.29, 0.717) is 0 Å². The summed E-state index contributed by atoms with van der Waals surface area (Å²) in [5.41, 5.74) is 24.8. The molecule has 0 saturated carbocycles. The summed E-state index contributed by atoms with van der Waals surface area (Å²) in [4.78, 5) is 5.31. The highest BCUT2D eigenvalue weighted by Crippen LogP contribution is 2.55. The van der Waals surface area contributed by atoms with Crippen molar-refractivity contribution < 1.29 is 0 Å². The van der Waals surface area contributed by atoms with E-state index in [1.807, 2.05) is 0 Å². The molecular weight excluding hydrogens is 820 g/mol. The number of fused-ring (bicyclic) bond motifs is 8. The zero-order chi connectivity index (χ0) is 45.9. The summed E-state index contributed by atoms with van der Waals surface area (Å²) in [6, 6.07) is 82.3. The zero-order valence-corrected chi connectivity index (χ0v) is 39.3. The number of anilines is 5. The smallest absolute Gasteiger partial charge is 0.333 e. The molecule has 10 aromatic carbocycles. The van der Waals surface area contributed by atoms with Crippen LogP contribution in [-0.2, 0) is 10.8 Å². The highest BCUT2D eigenvalue weighted by atomic mass is 15.2. The maximum atomic E-state index is 2.67. The van der Waals surface area contributed by atoms with Gasteiger partial charge in [0.15, 0.2) is 0 Å². The lowest BCUT2D eigenvalue weighted by Gasteiger charge is -2.47. The first-order valence-electron chi connectivity index (χ1n) is 24.1. The van der Waals surface area contributed by atoms with Gasteiger partial charge in [0.2, 0.25) is 0 Å². The van der Waals surface area contributed by atoms with Gasteiger partial charge < -0.3 is 9.71 Å². The Morgan fingerprint density at radius 2 is 0.985 bits per heavy atom. The predicted molar refractivity (Wildman–Crippen MR) is 290 cm³/mol. The van der Waals surface area contributed by atoms with E-state index in [-0.39, 0.29) is 17.7 Å². The van der Waals surface area contributed by atoms with Crippen LogP contribution < -0.4 is 20.6 Å². The van der Waals surface area contributed by atoms with Crippen LogP contribution in [0.25, 0.3) is 66.4 Å². The van der Waals surface area contributed by atoms with Gasteiger partial charge in [-0.15, -0.1) is 0 Å². The van der Waals surface area contributed by atoms with E-state index in [9.17, 15) is 0 Å². The number of nitrogens with zero attached hydrogens (tertiary/aromatic N) is 2. The number of rotatable bonds is 5. The summed E-state index contributed by atoms with van der Waals surface area (Å²) in [6.07, 6.45) is 0. The average molecular weight is 871 g/mol. The van der Waals surface area contributed by atoms with Gasteiger partial charge in [-0.25, -0.2) is 0 Å². The molecule has 0 saturated heterocycles. The summed E-state index contributed by atoms with van der Waals surface area (Å²) in [5, 5.41) is 2.46. The average Bonchev–Trinajstić information content (AvgIpc) is 3.60. The topological polar surface area (TPSA) is 6.48 Å². The molecule has 13 rings (SSSR count). The third-order valence-corrected chi connectivity index (χ3v) is 15.2. The van der Waals surface area contributed by atoms with E-state index in [1.54, 1.807) is 0 Å². The molecule has 68 heavy (non-hydrogen) atoms. The lowest BCUT2D eigenvalue weighted by atomic mass is 9.43. The second-order valence-electron chi connectivity index (χ2n) is 20.5. The Bertz CT molecular complexity index is 3620. The van der Waals surface area contributed by atoms with E-state index >= 15 is 0 Å². The van der Waals surface area contributed by atoms with E-state index < -0.39 is 0 Å². The van der Waals surface area contributed by atoms with Crippen molar-refractivity contribution in [3.05, 3.63) is 235 Å². The fourth-order valence-corrected chi connectivity index (χ4v) is 11.7. The maximum absolute atomic E-state index is 2.67. The summed E-state index contributed by atoms with van der Waals surface area (Å²) in [5.74, 6) is 0. The normalized spacial score (nSPS) is 14.0. The highest BCUT2D eigenvalue weighted by molar-refractivity contribution is 6.93. The summed E-state index contributed by atoms with van der Waals surface area (Å²) in [7, 11) is 0. The number of hydrogen-bond acceptors (Lipinski definition) is 2. The molecule has 0 atom stereocenters. The molecule has 2 nitrogen and oxygen atoms in total. The van der Waals surface area contributed by atoms with Gasteiger partial charge in [-0.3, -0.25) is 0 Å². The van der Waals surface area contributed by atoms with Gasteiger partial charge in [-0.05, 0) is 143 Å². The minimum absolute atomic E-state index is 0.0426. The Balaban J connectivity index is 1.18. The molecule has 0 bridgehead atoms. The molecule has 0 N–H and O–H groups in total. The Morgan fingerprint density at radius 1 is 0.382 bits per heavy atom. The van der Waals surface area contributed by atoms with Crippen LogP contribution in [0.1, 0.15) is 51.3 Å². The van der Waals surface area contributed by atoms with Gasteiger partial charge in [0, 0.05) is 39.3 Å². The molecule has 3 aliphatic rings. The molecule has 3 heteroatoms. The first-order chi connectivity index (χ1) is 33.1. The van der Waals surface area contributed by atoms with Gasteiger partial charge in [0.1, 0.15) is 0 Å². The van der Waals surface area contributed by atoms with Gasteiger partial charge in [-0.2, -0.15) is 0 Å². The van der Waals surface area contributed by atoms with Crippen molar-refractivity contribution in [1.29, 1.82) is 0 Å². The van der Waals surface area contributed by atoms with Crippen LogP contribution in [0.15, 0.2) is 218 Å². The number of benzene rings is 10. The number of hydrogen-bond donors (Lipinski definition) is 0.